The molecular weight excluding hydrogens is 236 g/mol. The van der Waals surface area contributed by atoms with Crippen LogP contribution in [0, 0.1) is 0 Å². The minimum absolute atomic E-state index is 0.183. The van der Waals surface area contributed by atoms with E-state index in [1.54, 1.807) is 24.3 Å². The topological polar surface area (TPSA) is 32.3 Å². The molecule has 0 saturated carbocycles. The molecule has 17 heavy (non-hydrogen) atoms. The third kappa shape index (κ3) is 3.28. The van der Waals surface area contributed by atoms with Gasteiger partial charge in [0.1, 0.15) is 0 Å². The number of nitrogens with one attached hydrogen (secondary N) is 1. The second-order valence-electron chi connectivity index (χ2n) is 4.47. The van der Waals surface area contributed by atoms with Crippen LogP contribution in [0.4, 0.5) is 0 Å². The van der Waals surface area contributed by atoms with Crippen molar-refractivity contribution in [1.29, 1.82) is 0 Å². The summed E-state index contributed by atoms with van der Waals surface area (Å²) < 4.78 is 0. The quantitative estimate of drug-likeness (QED) is 0.833. The zero-order valence-electron chi connectivity index (χ0n) is 9.95. The molecule has 1 N–H and O–H groups in total. The number of halogens is 1. The highest BCUT2D eigenvalue weighted by molar-refractivity contribution is 6.30. The highest BCUT2D eigenvalue weighted by Crippen LogP contribution is 2.14. The Balaban J connectivity index is 1.98. The van der Waals surface area contributed by atoms with E-state index in [0.29, 0.717) is 17.5 Å². The number of nitrogens with zero attached hydrogens (tertiary/aromatic N) is 1. The van der Waals surface area contributed by atoms with Gasteiger partial charge in [-0.2, -0.15) is 0 Å². The maximum Gasteiger partial charge on any atom is 0.164 e. The third-order valence-electron chi connectivity index (χ3n) is 3.23. The van der Waals surface area contributed by atoms with Gasteiger partial charge in [-0.15, -0.1) is 0 Å². The number of piperazine rings is 1. The molecule has 1 saturated heterocycles. The molecule has 92 valence electrons. The summed E-state index contributed by atoms with van der Waals surface area (Å²) in [6, 6.07) is 7.41. The molecule has 1 heterocycles. The Morgan fingerprint density at radius 3 is 2.82 bits per heavy atom. The van der Waals surface area contributed by atoms with Crippen molar-refractivity contribution in [3.05, 3.63) is 34.9 Å². The molecule has 0 amide bonds. The fraction of sp³-hybridized carbons (Fsp3) is 0.462. The highest BCUT2D eigenvalue weighted by Gasteiger charge is 2.21. The summed E-state index contributed by atoms with van der Waals surface area (Å²) >= 11 is 5.80. The van der Waals surface area contributed by atoms with Crippen LogP contribution in [-0.4, -0.2) is 43.4 Å². The van der Waals surface area contributed by atoms with Crippen molar-refractivity contribution in [3.63, 3.8) is 0 Å². The van der Waals surface area contributed by atoms with Gasteiger partial charge in [0.25, 0.3) is 0 Å². The van der Waals surface area contributed by atoms with E-state index < -0.39 is 0 Å². The van der Waals surface area contributed by atoms with Gasteiger partial charge >= 0.3 is 0 Å². The van der Waals surface area contributed by atoms with Crippen LogP contribution in [0.3, 0.4) is 0 Å². The number of carbonyl (C=O) groups is 1. The van der Waals surface area contributed by atoms with E-state index in [1.165, 1.54) is 0 Å². The fourth-order valence-electron chi connectivity index (χ4n) is 2.06. The molecular formula is C13H17ClN2O. The second kappa shape index (κ2) is 5.63. The smallest absolute Gasteiger partial charge is 0.164 e. The molecule has 0 aliphatic carbocycles. The fourth-order valence-corrected chi connectivity index (χ4v) is 2.18. The van der Waals surface area contributed by atoms with Gasteiger partial charge in [0.15, 0.2) is 5.78 Å². The Hall–Kier alpha value is -0.900. The zero-order valence-corrected chi connectivity index (χ0v) is 10.7. The second-order valence-corrected chi connectivity index (χ2v) is 4.91. The summed E-state index contributed by atoms with van der Waals surface area (Å²) in [6.45, 7) is 2.89. The largest absolute Gasteiger partial charge is 0.314 e. The van der Waals surface area contributed by atoms with Gasteiger partial charge in [0.2, 0.25) is 0 Å². The Morgan fingerprint density at radius 2 is 2.18 bits per heavy atom. The Morgan fingerprint density at radius 1 is 1.47 bits per heavy atom. The molecule has 1 aliphatic rings. The van der Waals surface area contributed by atoms with E-state index in [4.69, 9.17) is 11.6 Å². The number of benzene rings is 1. The molecule has 3 nitrogen and oxygen atoms in total. The minimum Gasteiger partial charge on any atom is -0.314 e. The van der Waals surface area contributed by atoms with Gasteiger partial charge in [-0.25, -0.2) is 0 Å². The molecule has 2 rings (SSSR count). The predicted molar refractivity (Wildman–Crippen MR) is 69.7 cm³/mol. The molecule has 0 radical (unpaired) electrons. The molecule has 0 bridgehead atoms. The summed E-state index contributed by atoms with van der Waals surface area (Å²) in [7, 11) is 2.07. The molecule has 1 aliphatic heterocycles. The first-order valence-electron chi connectivity index (χ1n) is 5.86. The lowest BCUT2D eigenvalue weighted by atomic mass is 10.0. The van der Waals surface area contributed by atoms with Gasteiger partial charge in [-0.05, 0) is 31.3 Å². The van der Waals surface area contributed by atoms with Gasteiger partial charge in [-0.1, -0.05) is 11.6 Å². The first-order chi connectivity index (χ1) is 8.16. The maximum atomic E-state index is 12.1. The van der Waals surface area contributed by atoms with Crippen LogP contribution in [0.2, 0.25) is 5.02 Å². The van der Waals surface area contributed by atoms with Crippen LogP contribution >= 0.6 is 11.6 Å². The highest BCUT2D eigenvalue weighted by atomic mass is 35.5. The maximum absolute atomic E-state index is 12.1. The lowest BCUT2D eigenvalue weighted by Gasteiger charge is -2.32. The minimum atomic E-state index is 0.183. The summed E-state index contributed by atoms with van der Waals surface area (Å²) in [6.07, 6.45) is 0.561. The standard InChI is InChI=1S/C13H17ClN2O/c1-16-7-6-15-9-12(16)8-13(17)10-2-4-11(14)5-3-10/h2-5,12,15H,6-9H2,1H3. The van der Waals surface area contributed by atoms with Crippen molar-refractivity contribution in [3.8, 4) is 0 Å². The SMILES string of the molecule is CN1CCNCC1CC(=O)c1ccc(Cl)cc1. The van der Waals surface area contributed by atoms with Crippen molar-refractivity contribution in [2.75, 3.05) is 26.7 Å². The van der Waals surface area contributed by atoms with Crippen LogP contribution in [0.1, 0.15) is 16.8 Å². The van der Waals surface area contributed by atoms with E-state index in [9.17, 15) is 4.79 Å². The van der Waals surface area contributed by atoms with Crippen molar-refractivity contribution < 1.29 is 4.79 Å². The number of Topliss-reactive ketones (excluding diaryl/α,β-unsaturated/α-hetero) is 1. The summed E-state index contributed by atoms with van der Waals surface area (Å²) in [5.41, 5.74) is 0.744. The number of rotatable bonds is 3. The van der Waals surface area contributed by atoms with E-state index in [0.717, 1.165) is 25.2 Å². The molecule has 4 heteroatoms. The van der Waals surface area contributed by atoms with Crippen molar-refractivity contribution in [2.24, 2.45) is 0 Å². The van der Waals surface area contributed by atoms with Crippen LogP contribution in [0.15, 0.2) is 24.3 Å². The molecule has 1 aromatic carbocycles. The normalized spacial score (nSPS) is 21.4. The van der Waals surface area contributed by atoms with E-state index in [1.807, 2.05) is 0 Å². The molecule has 1 atom stereocenters. The average Bonchev–Trinajstić information content (AvgIpc) is 2.33. The van der Waals surface area contributed by atoms with Gasteiger partial charge in [0.05, 0.1) is 0 Å². The Labute approximate surface area is 107 Å². The number of likely N-dealkylation sites (N-methyl/N-ethyl adjacent to an activating group) is 1. The summed E-state index contributed by atoms with van der Waals surface area (Å²) in [5.74, 6) is 0.183. The molecule has 1 unspecified atom stereocenters. The zero-order chi connectivity index (χ0) is 12.3. The summed E-state index contributed by atoms with van der Waals surface area (Å²) in [4.78, 5) is 14.3. The molecule has 1 fully saturated rings. The van der Waals surface area contributed by atoms with Crippen molar-refractivity contribution >= 4 is 17.4 Å². The molecule has 0 aromatic heterocycles. The van der Waals surface area contributed by atoms with Crippen LogP contribution < -0.4 is 5.32 Å². The van der Waals surface area contributed by atoms with Gasteiger partial charge < -0.3 is 10.2 Å². The van der Waals surface area contributed by atoms with Crippen LogP contribution in [-0.2, 0) is 0 Å². The molecule has 1 aromatic rings. The van der Waals surface area contributed by atoms with E-state index in [2.05, 4.69) is 17.3 Å². The Bertz CT molecular complexity index is 391. The van der Waals surface area contributed by atoms with Crippen molar-refractivity contribution in [2.45, 2.75) is 12.5 Å². The lowest BCUT2D eigenvalue weighted by molar-refractivity contribution is 0.0917. The number of hydrogen-bond donors (Lipinski definition) is 1. The first kappa shape index (κ1) is 12.6. The monoisotopic (exact) mass is 252 g/mol. The van der Waals surface area contributed by atoms with Crippen LogP contribution in [0.5, 0.6) is 0 Å². The van der Waals surface area contributed by atoms with Crippen LogP contribution in [0.25, 0.3) is 0 Å². The number of ketones is 1. The average molecular weight is 253 g/mol. The first-order valence-corrected chi connectivity index (χ1v) is 6.24. The lowest BCUT2D eigenvalue weighted by Crippen LogP contribution is -2.49. The third-order valence-corrected chi connectivity index (χ3v) is 3.48. The van der Waals surface area contributed by atoms with Gasteiger partial charge in [-0.3, -0.25) is 4.79 Å². The number of carbonyl (C=O) groups excluding carboxylic acids is 1. The molecule has 0 spiro atoms. The van der Waals surface area contributed by atoms with Gasteiger partial charge in [0, 0.05) is 42.7 Å². The van der Waals surface area contributed by atoms with E-state index in [-0.39, 0.29) is 5.78 Å². The number of hydrogen-bond acceptors (Lipinski definition) is 3. The summed E-state index contributed by atoms with van der Waals surface area (Å²) in [5, 5.41) is 3.98. The Kier molecular flexibility index (Phi) is 4.15. The van der Waals surface area contributed by atoms with E-state index >= 15 is 0 Å². The van der Waals surface area contributed by atoms with Crippen molar-refractivity contribution in [1.82, 2.24) is 10.2 Å². The predicted octanol–water partition coefficient (Wildman–Crippen LogP) is 1.82.